The molecule has 23 heavy (non-hydrogen) atoms. The lowest BCUT2D eigenvalue weighted by Crippen LogP contribution is -2.51. The number of fused-ring (bicyclic) bond motifs is 1. The Hall–Kier alpha value is -1.93. The molecule has 0 saturated carbocycles. The lowest BCUT2D eigenvalue weighted by atomic mass is 10.1. The monoisotopic (exact) mass is 337 g/mol. The quantitative estimate of drug-likeness (QED) is 0.840. The molecule has 3 rings (SSSR count). The van der Waals surface area contributed by atoms with Gasteiger partial charge in [0.15, 0.2) is 12.0 Å². The average Bonchev–Trinajstić information content (AvgIpc) is 3.02. The second-order valence-electron chi connectivity index (χ2n) is 5.54. The van der Waals surface area contributed by atoms with E-state index in [0.717, 1.165) is 0 Å². The van der Waals surface area contributed by atoms with Crippen LogP contribution in [-0.4, -0.2) is 60.4 Å². The molecule has 0 aliphatic carbocycles. The number of nitrogens with zero attached hydrogens (tertiary/aromatic N) is 3. The SMILES string of the molecule is CCCS(=O)(=O)N1CCN(C(=O)c2ccc3ocnc3c2)CC1. The minimum atomic E-state index is -3.20. The second kappa shape index (κ2) is 6.29. The number of aromatic nitrogens is 1. The van der Waals surface area contributed by atoms with E-state index in [9.17, 15) is 13.2 Å². The fourth-order valence-corrected chi connectivity index (χ4v) is 4.22. The molecular weight excluding hydrogens is 318 g/mol. The van der Waals surface area contributed by atoms with Gasteiger partial charge in [0, 0.05) is 31.7 Å². The number of sulfonamides is 1. The highest BCUT2D eigenvalue weighted by atomic mass is 32.2. The molecule has 124 valence electrons. The van der Waals surface area contributed by atoms with Crippen LogP contribution < -0.4 is 0 Å². The summed E-state index contributed by atoms with van der Waals surface area (Å²) >= 11 is 0. The Balaban J connectivity index is 1.68. The van der Waals surface area contributed by atoms with Gasteiger partial charge in [0.2, 0.25) is 10.0 Å². The van der Waals surface area contributed by atoms with E-state index >= 15 is 0 Å². The first-order valence-corrected chi connectivity index (χ1v) is 9.22. The van der Waals surface area contributed by atoms with Crippen LogP contribution in [0.4, 0.5) is 0 Å². The van der Waals surface area contributed by atoms with Crippen molar-refractivity contribution < 1.29 is 17.6 Å². The summed E-state index contributed by atoms with van der Waals surface area (Å²) < 4.78 is 30.7. The molecule has 1 aliphatic rings. The van der Waals surface area contributed by atoms with Gasteiger partial charge in [0.05, 0.1) is 5.75 Å². The summed E-state index contributed by atoms with van der Waals surface area (Å²) in [5.41, 5.74) is 1.81. The van der Waals surface area contributed by atoms with Crippen LogP contribution in [0.25, 0.3) is 11.1 Å². The Bertz CT molecular complexity index is 807. The van der Waals surface area contributed by atoms with Crippen molar-refractivity contribution in [2.45, 2.75) is 13.3 Å². The number of hydrogen-bond donors (Lipinski definition) is 0. The number of carbonyl (C=O) groups excluding carboxylic acids is 1. The van der Waals surface area contributed by atoms with Crippen molar-refractivity contribution in [3.8, 4) is 0 Å². The predicted molar refractivity (Wildman–Crippen MR) is 85.6 cm³/mol. The molecule has 0 spiro atoms. The van der Waals surface area contributed by atoms with E-state index in [1.165, 1.54) is 10.7 Å². The van der Waals surface area contributed by atoms with Crippen LogP contribution in [0.1, 0.15) is 23.7 Å². The Morgan fingerprint density at radius 1 is 1.26 bits per heavy atom. The van der Waals surface area contributed by atoms with Gasteiger partial charge >= 0.3 is 0 Å². The second-order valence-corrected chi connectivity index (χ2v) is 7.63. The van der Waals surface area contributed by atoms with E-state index in [1.807, 2.05) is 6.92 Å². The highest BCUT2D eigenvalue weighted by molar-refractivity contribution is 7.89. The summed E-state index contributed by atoms with van der Waals surface area (Å²) in [7, 11) is -3.20. The largest absolute Gasteiger partial charge is 0.443 e. The minimum Gasteiger partial charge on any atom is -0.443 e. The standard InChI is InChI=1S/C15H19N3O4S/c1-2-9-23(20,21)18-7-5-17(6-8-18)15(19)12-3-4-14-13(10-12)16-11-22-14/h3-4,10-11H,2,5-9H2,1H3. The molecule has 0 unspecified atom stereocenters. The highest BCUT2D eigenvalue weighted by Crippen LogP contribution is 2.17. The van der Waals surface area contributed by atoms with E-state index in [2.05, 4.69) is 4.98 Å². The van der Waals surface area contributed by atoms with Crippen LogP contribution in [0.5, 0.6) is 0 Å². The molecule has 0 radical (unpaired) electrons. The fraction of sp³-hybridized carbons (Fsp3) is 0.467. The zero-order valence-electron chi connectivity index (χ0n) is 12.9. The predicted octanol–water partition coefficient (Wildman–Crippen LogP) is 1.33. The van der Waals surface area contributed by atoms with Crippen molar-refractivity contribution in [2.75, 3.05) is 31.9 Å². The van der Waals surface area contributed by atoms with E-state index in [1.54, 1.807) is 23.1 Å². The lowest BCUT2D eigenvalue weighted by Gasteiger charge is -2.34. The summed E-state index contributed by atoms with van der Waals surface area (Å²) in [6, 6.07) is 5.12. The van der Waals surface area contributed by atoms with Crippen LogP contribution >= 0.6 is 0 Å². The van der Waals surface area contributed by atoms with Crippen molar-refractivity contribution in [3.05, 3.63) is 30.2 Å². The lowest BCUT2D eigenvalue weighted by molar-refractivity contribution is 0.0698. The fourth-order valence-electron chi connectivity index (χ4n) is 2.73. The summed E-state index contributed by atoms with van der Waals surface area (Å²) in [5.74, 6) is 0.0477. The van der Waals surface area contributed by atoms with Crippen molar-refractivity contribution in [2.24, 2.45) is 0 Å². The zero-order chi connectivity index (χ0) is 16.4. The molecule has 1 fully saturated rings. The number of rotatable bonds is 4. The number of benzene rings is 1. The molecule has 1 aliphatic heterocycles. The van der Waals surface area contributed by atoms with Gasteiger partial charge < -0.3 is 9.32 Å². The van der Waals surface area contributed by atoms with Crippen LogP contribution in [0.3, 0.4) is 0 Å². The summed E-state index contributed by atoms with van der Waals surface area (Å²) in [5, 5.41) is 0. The average molecular weight is 337 g/mol. The smallest absolute Gasteiger partial charge is 0.254 e. The molecule has 2 aromatic rings. The van der Waals surface area contributed by atoms with Crippen molar-refractivity contribution in [3.63, 3.8) is 0 Å². The molecule has 0 N–H and O–H groups in total. The number of carbonyl (C=O) groups is 1. The van der Waals surface area contributed by atoms with E-state index in [4.69, 9.17) is 4.42 Å². The Morgan fingerprint density at radius 2 is 2.00 bits per heavy atom. The minimum absolute atomic E-state index is 0.109. The van der Waals surface area contributed by atoms with Gasteiger partial charge in [0.1, 0.15) is 5.52 Å². The molecule has 0 atom stereocenters. The molecular formula is C15H19N3O4S. The molecule has 7 nitrogen and oxygen atoms in total. The van der Waals surface area contributed by atoms with Gasteiger partial charge in [0.25, 0.3) is 5.91 Å². The van der Waals surface area contributed by atoms with Gasteiger partial charge in [-0.15, -0.1) is 0 Å². The first-order valence-electron chi connectivity index (χ1n) is 7.61. The summed E-state index contributed by atoms with van der Waals surface area (Å²) in [6.45, 7) is 3.34. The van der Waals surface area contributed by atoms with Crippen molar-refractivity contribution >= 4 is 27.0 Å². The zero-order valence-corrected chi connectivity index (χ0v) is 13.8. The molecule has 1 saturated heterocycles. The van der Waals surface area contributed by atoms with E-state index < -0.39 is 10.0 Å². The third-order valence-corrected chi connectivity index (χ3v) is 6.03. The number of hydrogen-bond acceptors (Lipinski definition) is 5. The highest BCUT2D eigenvalue weighted by Gasteiger charge is 2.28. The maximum Gasteiger partial charge on any atom is 0.254 e. The maximum atomic E-state index is 12.5. The number of oxazole rings is 1. The Labute approximate surface area is 134 Å². The van der Waals surface area contributed by atoms with Gasteiger partial charge in [-0.3, -0.25) is 4.79 Å². The molecule has 2 heterocycles. The van der Waals surface area contributed by atoms with Gasteiger partial charge in [-0.1, -0.05) is 6.92 Å². The molecule has 1 aromatic carbocycles. The Morgan fingerprint density at radius 3 is 2.70 bits per heavy atom. The van der Waals surface area contributed by atoms with Gasteiger partial charge in [-0.2, -0.15) is 4.31 Å². The van der Waals surface area contributed by atoms with Crippen LogP contribution in [-0.2, 0) is 10.0 Å². The third-order valence-electron chi connectivity index (χ3n) is 3.96. The van der Waals surface area contributed by atoms with Crippen molar-refractivity contribution in [1.82, 2.24) is 14.2 Å². The summed E-state index contributed by atoms with van der Waals surface area (Å²) in [4.78, 5) is 18.3. The number of amides is 1. The first-order chi connectivity index (χ1) is 11.0. The first kappa shape index (κ1) is 15.9. The molecule has 8 heteroatoms. The van der Waals surface area contributed by atoms with Gasteiger partial charge in [-0.25, -0.2) is 13.4 Å². The maximum absolute atomic E-state index is 12.5. The van der Waals surface area contributed by atoms with E-state index in [0.29, 0.717) is 49.3 Å². The Kier molecular flexibility index (Phi) is 4.36. The van der Waals surface area contributed by atoms with Crippen molar-refractivity contribution in [1.29, 1.82) is 0 Å². The third kappa shape index (κ3) is 3.23. The van der Waals surface area contributed by atoms with Crippen LogP contribution in [0.2, 0.25) is 0 Å². The van der Waals surface area contributed by atoms with E-state index in [-0.39, 0.29) is 11.7 Å². The van der Waals surface area contributed by atoms with Crippen LogP contribution in [0, 0.1) is 0 Å². The normalized spacial score (nSPS) is 16.8. The topological polar surface area (TPSA) is 83.7 Å². The van der Waals surface area contributed by atoms with Crippen LogP contribution in [0.15, 0.2) is 29.0 Å². The number of piperazine rings is 1. The van der Waals surface area contributed by atoms with Gasteiger partial charge in [-0.05, 0) is 24.6 Å². The summed E-state index contributed by atoms with van der Waals surface area (Å²) in [6.07, 6.45) is 1.94. The molecule has 1 amide bonds. The molecule has 0 bridgehead atoms. The molecule has 1 aromatic heterocycles.